The van der Waals surface area contributed by atoms with Crippen LogP contribution in [0.25, 0.3) is 0 Å². The monoisotopic (exact) mass is 430 g/mol. The minimum atomic E-state index is -0.823. The van der Waals surface area contributed by atoms with Crippen LogP contribution < -0.4 is 15.8 Å². The van der Waals surface area contributed by atoms with E-state index in [9.17, 15) is 9.18 Å². The molecule has 1 amide bonds. The first-order chi connectivity index (χ1) is 13.5. The van der Waals surface area contributed by atoms with Gasteiger partial charge in [-0.05, 0) is 39.8 Å². The molecule has 162 valence electrons. The summed E-state index contributed by atoms with van der Waals surface area (Å²) in [5.74, 6) is -1.14. The number of nitrogens with two attached hydrogens (primary N) is 1. The molecule has 1 aromatic rings. The number of nitrogens with one attached hydrogen (secondary N) is 1. The summed E-state index contributed by atoms with van der Waals surface area (Å²) < 4.78 is 36.3. The zero-order valence-electron chi connectivity index (χ0n) is 17.5. The summed E-state index contributed by atoms with van der Waals surface area (Å²) in [6.45, 7) is 7.98. The zero-order valence-corrected chi connectivity index (χ0v) is 18.2. The molecule has 7 nitrogen and oxygen atoms in total. The van der Waals surface area contributed by atoms with E-state index in [1.165, 1.54) is 19.2 Å². The summed E-state index contributed by atoms with van der Waals surface area (Å²) in [5.41, 5.74) is 4.71. The van der Waals surface area contributed by atoms with E-state index in [-0.39, 0.29) is 24.1 Å². The first kappa shape index (κ1) is 23.9. The van der Waals surface area contributed by atoms with Crippen LogP contribution in [-0.4, -0.2) is 56.5 Å². The molecule has 1 saturated heterocycles. The Balaban J connectivity index is 2.06. The molecule has 0 saturated carbocycles. The number of ether oxygens (including phenoxy) is 2. The molecule has 10 heteroatoms. The molecule has 1 aliphatic heterocycles. The van der Waals surface area contributed by atoms with Gasteiger partial charge < -0.3 is 29.8 Å². The highest BCUT2D eigenvalue weighted by molar-refractivity contribution is 6.48. The number of benzene rings is 1. The highest BCUT2D eigenvalue weighted by Gasteiger charge is 2.54. The van der Waals surface area contributed by atoms with Gasteiger partial charge in [-0.3, -0.25) is 4.79 Å². The first-order valence-electron chi connectivity index (χ1n) is 9.45. The van der Waals surface area contributed by atoms with Crippen LogP contribution in [0.4, 0.5) is 4.39 Å². The highest BCUT2D eigenvalue weighted by Crippen LogP contribution is 2.37. The molecule has 29 heavy (non-hydrogen) atoms. The first-order valence-corrected chi connectivity index (χ1v) is 9.83. The molecule has 1 fully saturated rings. The van der Waals surface area contributed by atoms with Crippen molar-refractivity contribution in [1.82, 2.24) is 5.32 Å². The number of hydrogen-bond acceptors (Lipinski definition) is 6. The molecule has 0 spiro atoms. The van der Waals surface area contributed by atoms with E-state index < -0.39 is 36.1 Å². The van der Waals surface area contributed by atoms with Crippen molar-refractivity contribution in [2.24, 2.45) is 5.73 Å². The van der Waals surface area contributed by atoms with Gasteiger partial charge in [0, 0.05) is 19.6 Å². The molecule has 2 rings (SSSR count). The van der Waals surface area contributed by atoms with Gasteiger partial charge in [0.05, 0.1) is 35.4 Å². The smallest absolute Gasteiger partial charge is 0.481 e. The van der Waals surface area contributed by atoms with Crippen LogP contribution in [0.5, 0.6) is 5.75 Å². The van der Waals surface area contributed by atoms with Crippen molar-refractivity contribution in [2.75, 3.05) is 20.3 Å². The Morgan fingerprint density at radius 3 is 2.48 bits per heavy atom. The van der Waals surface area contributed by atoms with Gasteiger partial charge in [-0.15, -0.1) is 0 Å². The molecule has 0 bridgehead atoms. The average Bonchev–Trinajstić information content (AvgIpc) is 2.84. The molecule has 1 aromatic carbocycles. The van der Waals surface area contributed by atoms with E-state index >= 15 is 0 Å². The Kier molecular flexibility index (Phi) is 7.92. The largest absolute Gasteiger partial charge is 0.493 e. The van der Waals surface area contributed by atoms with Crippen molar-refractivity contribution in [3.8, 4) is 5.75 Å². The van der Waals surface area contributed by atoms with Gasteiger partial charge in [-0.25, -0.2) is 4.39 Å². The molecule has 3 N–H and O–H groups in total. The van der Waals surface area contributed by atoms with Crippen LogP contribution in [0, 0.1) is 5.82 Å². The number of carbonyl (C=O) groups excluding carboxylic acids is 1. The molecule has 0 aliphatic carbocycles. The van der Waals surface area contributed by atoms with Gasteiger partial charge in [0.15, 0.2) is 0 Å². The maximum absolute atomic E-state index is 13.6. The summed E-state index contributed by atoms with van der Waals surface area (Å²) in [6, 6.07) is 3.38. The quantitative estimate of drug-likeness (QED) is 0.584. The molecular formula is C19H29BClFN2O5. The Morgan fingerprint density at radius 1 is 1.31 bits per heavy atom. The van der Waals surface area contributed by atoms with E-state index in [0.717, 1.165) is 0 Å². The van der Waals surface area contributed by atoms with Crippen LogP contribution in [-0.2, 0) is 18.8 Å². The second-order valence-electron chi connectivity index (χ2n) is 8.01. The zero-order chi connectivity index (χ0) is 21.8. The second-order valence-corrected chi connectivity index (χ2v) is 8.42. The lowest BCUT2D eigenvalue weighted by Gasteiger charge is -2.32. The number of rotatable bonds is 9. The molecule has 0 unspecified atom stereocenters. The average molecular weight is 431 g/mol. The van der Waals surface area contributed by atoms with Gasteiger partial charge in [-0.2, -0.15) is 0 Å². The lowest BCUT2D eigenvalue weighted by atomic mass is 9.76. The molecular weight excluding hydrogens is 401 g/mol. The Bertz CT molecular complexity index is 706. The number of amides is 1. The Hall–Kier alpha value is -1.39. The van der Waals surface area contributed by atoms with Crippen molar-refractivity contribution >= 4 is 24.6 Å². The van der Waals surface area contributed by atoms with Gasteiger partial charge >= 0.3 is 7.12 Å². The molecule has 0 aromatic heterocycles. The molecule has 1 aliphatic rings. The third-order valence-corrected chi connectivity index (χ3v) is 5.51. The van der Waals surface area contributed by atoms with E-state index in [4.69, 9.17) is 36.1 Å². The third kappa shape index (κ3) is 6.05. The fraction of sp³-hybridized carbons (Fsp3) is 0.632. The standard InChI is InChI=1S/C19H29BClFN2O5/c1-18(2)19(3,4)29-20(28-18)16(24-17(25)15(23)11-26-5)8-9-27-12-6-7-13(21)14(22)10-12/h6-7,10,15-16H,8-9,11,23H2,1-5H3,(H,24,25)/t15-,16-/m1/s1. The number of hydrogen-bond donors (Lipinski definition) is 2. The normalized spacial score (nSPS) is 19.7. The summed E-state index contributed by atoms with van der Waals surface area (Å²) in [5, 5.41) is 2.88. The van der Waals surface area contributed by atoms with E-state index in [1.54, 1.807) is 6.07 Å². The number of carbonyl (C=O) groups is 1. The van der Waals surface area contributed by atoms with Gasteiger partial charge in [0.25, 0.3) is 0 Å². The van der Waals surface area contributed by atoms with Gasteiger partial charge in [-0.1, -0.05) is 11.6 Å². The number of methoxy groups -OCH3 is 1. The topological polar surface area (TPSA) is 92.0 Å². The minimum Gasteiger partial charge on any atom is -0.493 e. The molecule has 1 heterocycles. The van der Waals surface area contributed by atoms with Crippen LogP contribution in [0.3, 0.4) is 0 Å². The van der Waals surface area contributed by atoms with Crippen LogP contribution >= 0.6 is 11.6 Å². The summed E-state index contributed by atoms with van der Waals surface area (Å²) in [4.78, 5) is 12.4. The predicted octanol–water partition coefficient (Wildman–Crippen LogP) is 2.34. The van der Waals surface area contributed by atoms with Crippen molar-refractivity contribution < 1.29 is 28.0 Å². The summed E-state index contributed by atoms with van der Waals surface area (Å²) >= 11 is 5.68. The van der Waals surface area contributed by atoms with Crippen molar-refractivity contribution in [2.45, 2.75) is 57.3 Å². The summed E-state index contributed by atoms with van der Waals surface area (Å²) in [6.07, 6.45) is 0.354. The fourth-order valence-electron chi connectivity index (χ4n) is 2.74. The SMILES string of the molecule is COC[C@@H](N)C(=O)N[C@H](CCOc1ccc(Cl)c(F)c1)B1OC(C)(C)C(C)(C)O1. The predicted molar refractivity (Wildman–Crippen MR) is 109 cm³/mol. The Morgan fingerprint density at radius 2 is 1.93 bits per heavy atom. The maximum Gasteiger partial charge on any atom is 0.481 e. The van der Waals surface area contributed by atoms with Crippen LogP contribution in [0.1, 0.15) is 34.1 Å². The third-order valence-electron chi connectivity index (χ3n) is 5.20. The lowest BCUT2D eigenvalue weighted by molar-refractivity contribution is -0.123. The summed E-state index contributed by atoms with van der Waals surface area (Å²) in [7, 11) is 0.780. The van der Waals surface area contributed by atoms with E-state index in [0.29, 0.717) is 12.2 Å². The van der Waals surface area contributed by atoms with Gasteiger partial charge in [0.1, 0.15) is 17.6 Å². The van der Waals surface area contributed by atoms with Crippen LogP contribution in [0.15, 0.2) is 18.2 Å². The lowest BCUT2D eigenvalue weighted by Crippen LogP contribution is -2.54. The Labute approximate surface area is 176 Å². The molecule has 2 atom stereocenters. The van der Waals surface area contributed by atoms with E-state index in [2.05, 4.69) is 5.32 Å². The molecule has 0 radical (unpaired) electrons. The van der Waals surface area contributed by atoms with Crippen molar-refractivity contribution in [3.05, 3.63) is 29.0 Å². The maximum atomic E-state index is 13.6. The van der Waals surface area contributed by atoms with Gasteiger partial charge in [0.2, 0.25) is 5.91 Å². The number of halogens is 2. The van der Waals surface area contributed by atoms with E-state index in [1.807, 2.05) is 27.7 Å². The second kappa shape index (κ2) is 9.62. The minimum absolute atomic E-state index is 0.0202. The van der Waals surface area contributed by atoms with Crippen molar-refractivity contribution in [3.63, 3.8) is 0 Å². The fourth-order valence-corrected chi connectivity index (χ4v) is 2.86. The highest BCUT2D eigenvalue weighted by atomic mass is 35.5. The van der Waals surface area contributed by atoms with Crippen LogP contribution in [0.2, 0.25) is 5.02 Å². The van der Waals surface area contributed by atoms with Crippen molar-refractivity contribution in [1.29, 1.82) is 0 Å².